The van der Waals surface area contributed by atoms with Crippen LogP contribution < -0.4 is 10.1 Å². The highest BCUT2D eigenvalue weighted by Gasteiger charge is 2.28. The van der Waals surface area contributed by atoms with Gasteiger partial charge in [0.05, 0.1) is 0 Å². The van der Waals surface area contributed by atoms with Gasteiger partial charge in [-0.05, 0) is 68.9 Å². The molecule has 0 aromatic heterocycles. The summed E-state index contributed by atoms with van der Waals surface area (Å²) < 4.78 is 28.6. The fraction of sp³-hybridized carbons (Fsp3) is 0.647. The number of nitrogens with one attached hydrogen (secondary N) is 1. The number of piperidine rings is 1. The van der Waals surface area contributed by atoms with Crippen molar-refractivity contribution in [2.75, 3.05) is 19.6 Å². The van der Waals surface area contributed by atoms with E-state index < -0.39 is 6.61 Å². The van der Waals surface area contributed by atoms with E-state index in [4.69, 9.17) is 0 Å². The first kappa shape index (κ1) is 15.7. The summed E-state index contributed by atoms with van der Waals surface area (Å²) in [4.78, 5) is 2.45. The smallest absolute Gasteiger partial charge is 0.387 e. The van der Waals surface area contributed by atoms with Crippen molar-refractivity contribution in [1.82, 2.24) is 10.2 Å². The summed E-state index contributed by atoms with van der Waals surface area (Å²) >= 11 is 0. The number of ether oxygens (including phenoxy) is 1. The van der Waals surface area contributed by atoms with Crippen molar-refractivity contribution in [3.05, 3.63) is 29.8 Å². The summed E-state index contributed by atoms with van der Waals surface area (Å²) in [5.74, 6) is 1.05. The van der Waals surface area contributed by atoms with Crippen molar-refractivity contribution in [1.29, 1.82) is 0 Å². The van der Waals surface area contributed by atoms with E-state index in [1.165, 1.54) is 32.2 Å². The molecule has 3 nitrogen and oxygen atoms in total. The first-order valence-corrected chi connectivity index (χ1v) is 8.20. The van der Waals surface area contributed by atoms with Crippen molar-refractivity contribution in [3.63, 3.8) is 0 Å². The maximum absolute atomic E-state index is 12.1. The second-order valence-corrected chi connectivity index (χ2v) is 6.34. The van der Waals surface area contributed by atoms with Crippen molar-refractivity contribution < 1.29 is 13.5 Å². The van der Waals surface area contributed by atoms with Crippen LogP contribution in [-0.2, 0) is 6.54 Å². The van der Waals surface area contributed by atoms with E-state index in [0.717, 1.165) is 37.2 Å². The third-order valence-electron chi connectivity index (χ3n) is 4.85. The lowest BCUT2D eigenvalue weighted by Crippen LogP contribution is -2.40. The van der Waals surface area contributed by atoms with Gasteiger partial charge in [-0.3, -0.25) is 4.90 Å². The molecular formula is C17H24F2N2O. The molecule has 2 fully saturated rings. The molecule has 122 valence electrons. The van der Waals surface area contributed by atoms with Crippen LogP contribution in [0.15, 0.2) is 24.3 Å². The van der Waals surface area contributed by atoms with Crippen LogP contribution in [0.5, 0.6) is 5.75 Å². The van der Waals surface area contributed by atoms with E-state index in [1.54, 1.807) is 12.1 Å². The van der Waals surface area contributed by atoms with Gasteiger partial charge < -0.3 is 10.1 Å². The summed E-state index contributed by atoms with van der Waals surface area (Å²) in [6.45, 7) is 1.56. The predicted molar refractivity (Wildman–Crippen MR) is 82.1 cm³/mol. The molecule has 2 aliphatic rings. The zero-order valence-corrected chi connectivity index (χ0v) is 12.8. The van der Waals surface area contributed by atoms with Crippen molar-refractivity contribution in [2.24, 2.45) is 5.92 Å². The molecule has 1 aromatic carbocycles. The molecule has 0 aliphatic carbocycles. The van der Waals surface area contributed by atoms with Gasteiger partial charge in [0.15, 0.2) is 0 Å². The largest absolute Gasteiger partial charge is 0.435 e. The lowest BCUT2D eigenvalue weighted by Gasteiger charge is -2.34. The number of benzene rings is 1. The van der Waals surface area contributed by atoms with Crippen molar-refractivity contribution in [2.45, 2.75) is 44.9 Å². The lowest BCUT2D eigenvalue weighted by atomic mass is 9.88. The van der Waals surface area contributed by atoms with Crippen LogP contribution in [0.25, 0.3) is 0 Å². The van der Waals surface area contributed by atoms with Gasteiger partial charge >= 0.3 is 6.61 Å². The molecule has 2 heterocycles. The van der Waals surface area contributed by atoms with Gasteiger partial charge in [0.25, 0.3) is 0 Å². The van der Waals surface area contributed by atoms with E-state index in [2.05, 4.69) is 15.0 Å². The number of nitrogens with zero attached hydrogens (tertiary/aromatic N) is 1. The predicted octanol–water partition coefficient (Wildman–Crippen LogP) is 3.25. The molecule has 22 heavy (non-hydrogen) atoms. The third kappa shape index (κ3) is 4.17. The standard InChI is InChI=1S/C17H24F2N2O/c18-17(19)22-15-5-3-13(4-6-15)12-21-10-7-14(8-11-21)16-2-1-9-20-16/h3-6,14,16-17,20H,1-2,7-12H2. The molecule has 0 amide bonds. The van der Waals surface area contributed by atoms with Gasteiger partial charge in [-0.15, -0.1) is 0 Å². The maximum Gasteiger partial charge on any atom is 0.387 e. The average Bonchev–Trinajstić information content (AvgIpc) is 3.04. The molecule has 1 atom stereocenters. The zero-order valence-electron chi connectivity index (χ0n) is 12.8. The van der Waals surface area contributed by atoms with Gasteiger partial charge in [-0.1, -0.05) is 12.1 Å². The SMILES string of the molecule is FC(F)Oc1ccc(CN2CCC(C3CCCN3)CC2)cc1. The maximum atomic E-state index is 12.1. The van der Waals surface area contributed by atoms with Crippen LogP contribution in [-0.4, -0.2) is 37.2 Å². The summed E-state index contributed by atoms with van der Waals surface area (Å²) in [6.07, 6.45) is 5.16. The lowest BCUT2D eigenvalue weighted by molar-refractivity contribution is -0.0498. The normalized spacial score (nSPS) is 24.0. The minimum absolute atomic E-state index is 0.227. The molecule has 1 unspecified atom stereocenters. The second-order valence-electron chi connectivity index (χ2n) is 6.34. The van der Waals surface area contributed by atoms with Crippen molar-refractivity contribution in [3.8, 4) is 5.75 Å². The number of halogens is 2. The summed E-state index contributed by atoms with van der Waals surface area (Å²) in [5, 5.41) is 3.62. The third-order valence-corrected chi connectivity index (χ3v) is 4.85. The van der Waals surface area contributed by atoms with E-state index in [1.807, 2.05) is 12.1 Å². The monoisotopic (exact) mass is 310 g/mol. The van der Waals surface area contributed by atoms with Crippen LogP contribution in [0.4, 0.5) is 8.78 Å². The Bertz CT molecular complexity index is 452. The number of hydrogen-bond donors (Lipinski definition) is 1. The van der Waals surface area contributed by atoms with Crippen LogP contribution in [0.2, 0.25) is 0 Å². The summed E-state index contributed by atoms with van der Waals surface area (Å²) in [7, 11) is 0. The number of hydrogen-bond acceptors (Lipinski definition) is 3. The fourth-order valence-corrected chi connectivity index (χ4v) is 3.66. The Morgan fingerprint density at radius 3 is 2.45 bits per heavy atom. The number of likely N-dealkylation sites (tertiary alicyclic amines) is 1. The van der Waals surface area contributed by atoms with Crippen LogP contribution >= 0.6 is 0 Å². The number of alkyl halides is 2. The molecular weight excluding hydrogens is 286 g/mol. The van der Waals surface area contributed by atoms with Crippen LogP contribution in [0, 0.1) is 5.92 Å². The summed E-state index contributed by atoms with van der Waals surface area (Å²) in [6, 6.07) is 7.73. The van der Waals surface area contributed by atoms with Gasteiger partial charge in [0, 0.05) is 12.6 Å². The van der Waals surface area contributed by atoms with E-state index >= 15 is 0 Å². The Kier molecular flexibility index (Phi) is 5.26. The molecule has 2 aliphatic heterocycles. The second kappa shape index (κ2) is 7.38. The molecule has 0 saturated carbocycles. The fourth-order valence-electron chi connectivity index (χ4n) is 3.66. The molecule has 1 N–H and O–H groups in total. The van der Waals surface area contributed by atoms with Gasteiger partial charge in [-0.2, -0.15) is 8.78 Å². The molecule has 2 saturated heterocycles. The zero-order chi connectivity index (χ0) is 15.4. The highest BCUT2D eigenvalue weighted by atomic mass is 19.3. The Morgan fingerprint density at radius 2 is 1.86 bits per heavy atom. The summed E-state index contributed by atoms with van der Waals surface area (Å²) in [5.41, 5.74) is 1.15. The molecule has 0 bridgehead atoms. The Balaban J connectivity index is 1.46. The topological polar surface area (TPSA) is 24.5 Å². The van der Waals surface area contributed by atoms with Crippen molar-refractivity contribution >= 4 is 0 Å². The highest BCUT2D eigenvalue weighted by molar-refractivity contribution is 5.27. The molecule has 0 radical (unpaired) electrons. The molecule has 3 rings (SSSR count). The molecule has 0 spiro atoms. The first-order valence-electron chi connectivity index (χ1n) is 8.20. The minimum atomic E-state index is -2.76. The Hall–Kier alpha value is -1.20. The van der Waals surface area contributed by atoms with E-state index in [-0.39, 0.29) is 5.75 Å². The quantitative estimate of drug-likeness (QED) is 0.903. The van der Waals surface area contributed by atoms with Gasteiger partial charge in [-0.25, -0.2) is 0 Å². The van der Waals surface area contributed by atoms with E-state index in [0.29, 0.717) is 0 Å². The first-order chi connectivity index (χ1) is 10.7. The van der Waals surface area contributed by atoms with Crippen LogP contribution in [0.3, 0.4) is 0 Å². The number of rotatable bonds is 5. The van der Waals surface area contributed by atoms with Gasteiger partial charge in [0.1, 0.15) is 5.75 Å². The van der Waals surface area contributed by atoms with Crippen LogP contribution in [0.1, 0.15) is 31.2 Å². The van der Waals surface area contributed by atoms with Gasteiger partial charge in [0.2, 0.25) is 0 Å². The van der Waals surface area contributed by atoms with E-state index in [9.17, 15) is 8.78 Å². The average molecular weight is 310 g/mol. The Morgan fingerprint density at radius 1 is 1.14 bits per heavy atom. The minimum Gasteiger partial charge on any atom is -0.435 e. The molecule has 5 heteroatoms. The highest BCUT2D eigenvalue weighted by Crippen LogP contribution is 2.26. The molecule has 1 aromatic rings. The Labute approximate surface area is 130 Å².